The van der Waals surface area contributed by atoms with Crippen LogP contribution < -0.4 is 5.59 Å². The van der Waals surface area contributed by atoms with Gasteiger partial charge in [-0.1, -0.05) is 20.7 Å². The van der Waals surface area contributed by atoms with Gasteiger partial charge >= 0.3 is 5.97 Å². The highest BCUT2D eigenvalue weighted by Crippen LogP contribution is 2.21. The lowest BCUT2D eigenvalue weighted by Gasteiger charge is -2.15. The van der Waals surface area contributed by atoms with Crippen LogP contribution in [0.2, 0.25) is 6.82 Å². The minimum atomic E-state index is -0.774. The number of aliphatic carboxylic acids is 1. The molecule has 5 heteroatoms. The maximum Gasteiger partial charge on any atom is 0.306 e. The smallest absolute Gasteiger partial charge is 0.306 e. The fraction of sp³-hybridized carbons (Fsp3) is 0.600. The van der Waals surface area contributed by atoms with E-state index in [1.807, 2.05) is 31.6 Å². The zero-order chi connectivity index (χ0) is 11.6. The molecular weight excluding hydrogens is 191 g/mol. The van der Waals surface area contributed by atoms with Gasteiger partial charge < -0.3 is 9.67 Å². The van der Waals surface area contributed by atoms with E-state index in [1.165, 1.54) is 0 Å². The van der Waals surface area contributed by atoms with Crippen LogP contribution in [0, 0.1) is 5.92 Å². The van der Waals surface area contributed by atoms with Crippen LogP contribution in [0.15, 0.2) is 6.20 Å². The van der Waals surface area contributed by atoms with Gasteiger partial charge in [0.05, 0.1) is 5.92 Å². The van der Waals surface area contributed by atoms with Gasteiger partial charge in [0.1, 0.15) is 5.82 Å². The number of aromatic nitrogens is 2. The third-order valence-corrected chi connectivity index (χ3v) is 2.87. The van der Waals surface area contributed by atoms with Crippen LogP contribution in [0.1, 0.15) is 25.6 Å². The number of aryl methyl sites for hydroxylation is 1. The second kappa shape index (κ2) is 4.51. The standard InChI is InChI=1S/C10H17BN2O2/c1-6(7(2)10(14)15)9-12-8(11-3)5-13(9)4/h5-7,11H,1-4H3,(H,14,15). The maximum atomic E-state index is 10.9. The maximum absolute atomic E-state index is 10.9. The molecule has 1 N–H and O–H groups in total. The largest absolute Gasteiger partial charge is 0.481 e. The number of hydrogen-bond donors (Lipinski definition) is 1. The van der Waals surface area contributed by atoms with Crippen molar-refractivity contribution in [3.05, 3.63) is 12.0 Å². The molecule has 0 aliphatic heterocycles. The first-order chi connectivity index (χ1) is 6.97. The monoisotopic (exact) mass is 208 g/mol. The number of carboxylic acids is 1. The molecule has 0 spiro atoms. The molecule has 0 radical (unpaired) electrons. The predicted octanol–water partition coefficient (Wildman–Crippen LogP) is 0.354. The molecule has 82 valence electrons. The van der Waals surface area contributed by atoms with Gasteiger partial charge in [-0.05, 0) is 0 Å². The van der Waals surface area contributed by atoms with Crippen molar-refractivity contribution in [3.8, 4) is 0 Å². The molecule has 4 nitrogen and oxygen atoms in total. The van der Waals surface area contributed by atoms with E-state index in [9.17, 15) is 4.79 Å². The Morgan fingerprint density at radius 3 is 2.60 bits per heavy atom. The third kappa shape index (κ3) is 2.40. The topological polar surface area (TPSA) is 55.1 Å². The quantitative estimate of drug-likeness (QED) is 0.726. The second-order valence-electron chi connectivity index (χ2n) is 3.97. The van der Waals surface area contributed by atoms with Crippen molar-refractivity contribution in [2.45, 2.75) is 26.6 Å². The number of rotatable bonds is 4. The SMILES string of the molecule is CBc1cn(C)c(C(C)C(C)C(=O)O)n1. The first-order valence-corrected chi connectivity index (χ1v) is 5.22. The highest BCUT2D eigenvalue weighted by atomic mass is 16.4. The molecule has 1 rings (SSSR count). The molecule has 0 aromatic carbocycles. The number of carbonyl (C=O) groups is 1. The van der Waals surface area contributed by atoms with Crippen molar-refractivity contribution < 1.29 is 9.90 Å². The Labute approximate surface area is 90.6 Å². The molecule has 1 heterocycles. The van der Waals surface area contributed by atoms with E-state index in [-0.39, 0.29) is 5.92 Å². The lowest BCUT2D eigenvalue weighted by atomic mass is 9.79. The Bertz CT molecular complexity index is 362. The van der Waals surface area contributed by atoms with Gasteiger partial charge in [-0.3, -0.25) is 4.79 Å². The van der Waals surface area contributed by atoms with Crippen molar-refractivity contribution in [1.82, 2.24) is 9.55 Å². The Morgan fingerprint density at radius 2 is 2.20 bits per heavy atom. The van der Waals surface area contributed by atoms with Gasteiger partial charge in [-0.25, -0.2) is 4.98 Å². The van der Waals surface area contributed by atoms with Crippen molar-refractivity contribution in [2.75, 3.05) is 0 Å². The molecule has 0 aliphatic carbocycles. The summed E-state index contributed by atoms with van der Waals surface area (Å²) in [5.74, 6) is -0.395. The van der Waals surface area contributed by atoms with Gasteiger partial charge in [0.2, 0.25) is 0 Å². The number of nitrogens with zero attached hydrogens (tertiary/aromatic N) is 2. The number of imidazole rings is 1. The lowest BCUT2D eigenvalue weighted by molar-refractivity contribution is -0.141. The van der Waals surface area contributed by atoms with Crippen LogP contribution in [-0.2, 0) is 11.8 Å². The summed E-state index contributed by atoms with van der Waals surface area (Å²) in [4.78, 5) is 15.3. The molecule has 0 aliphatic rings. The summed E-state index contributed by atoms with van der Waals surface area (Å²) in [7, 11) is 2.79. The third-order valence-electron chi connectivity index (χ3n) is 2.87. The van der Waals surface area contributed by atoms with Gasteiger partial charge in [0.25, 0.3) is 0 Å². The Kier molecular flexibility index (Phi) is 3.55. The average molecular weight is 208 g/mol. The van der Waals surface area contributed by atoms with Crippen LogP contribution >= 0.6 is 0 Å². The molecule has 0 saturated carbocycles. The Balaban J connectivity index is 2.94. The van der Waals surface area contributed by atoms with Crippen LogP contribution in [0.25, 0.3) is 0 Å². The average Bonchev–Trinajstić information content (AvgIpc) is 2.57. The van der Waals surface area contributed by atoms with E-state index in [4.69, 9.17) is 5.11 Å². The minimum absolute atomic E-state index is 0.0622. The van der Waals surface area contributed by atoms with Crippen molar-refractivity contribution in [1.29, 1.82) is 0 Å². The zero-order valence-electron chi connectivity index (χ0n) is 9.69. The molecule has 0 amide bonds. The van der Waals surface area contributed by atoms with E-state index >= 15 is 0 Å². The zero-order valence-corrected chi connectivity index (χ0v) is 9.69. The van der Waals surface area contributed by atoms with Gasteiger partial charge in [0, 0.05) is 24.8 Å². The van der Waals surface area contributed by atoms with Gasteiger partial charge in [-0.2, -0.15) is 0 Å². The Hall–Kier alpha value is -1.26. The summed E-state index contributed by atoms with van der Waals surface area (Å²) in [6.07, 6.45) is 1.96. The summed E-state index contributed by atoms with van der Waals surface area (Å²) in [5.41, 5.74) is 1.01. The van der Waals surface area contributed by atoms with Gasteiger partial charge in [-0.15, -0.1) is 0 Å². The molecule has 15 heavy (non-hydrogen) atoms. The van der Waals surface area contributed by atoms with Crippen LogP contribution in [0.3, 0.4) is 0 Å². The molecule has 1 aromatic rings. The molecule has 2 unspecified atom stereocenters. The number of hydrogen-bond acceptors (Lipinski definition) is 2. The van der Waals surface area contributed by atoms with Crippen LogP contribution in [0.4, 0.5) is 0 Å². The summed E-state index contributed by atoms with van der Waals surface area (Å²) in [5, 5.41) is 8.93. The molecule has 0 saturated heterocycles. The van der Waals surface area contributed by atoms with Crippen molar-refractivity contribution >= 4 is 18.8 Å². The van der Waals surface area contributed by atoms with E-state index in [0.29, 0.717) is 0 Å². The highest BCUT2D eigenvalue weighted by molar-refractivity contribution is 6.50. The van der Waals surface area contributed by atoms with E-state index in [0.717, 1.165) is 18.7 Å². The van der Waals surface area contributed by atoms with Gasteiger partial charge in [0.15, 0.2) is 7.28 Å². The molecule has 2 atom stereocenters. The predicted molar refractivity (Wildman–Crippen MR) is 61.1 cm³/mol. The van der Waals surface area contributed by atoms with Crippen molar-refractivity contribution in [3.63, 3.8) is 0 Å². The number of carboxylic acid groups (broad SMARTS) is 1. The fourth-order valence-electron chi connectivity index (χ4n) is 1.58. The summed E-state index contributed by atoms with van der Waals surface area (Å²) < 4.78 is 1.92. The fourth-order valence-corrected chi connectivity index (χ4v) is 1.58. The molecule has 1 aromatic heterocycles. The van der Waals surface area contributed by atoms with E-state index in [1.54, 1.807) is 6.92 Å². The summed E-state index contributed by atoms with van der Waals surface area (Å²) in [6.45, 7) is 5.66. The summed E-state index contributed by atoms with van der Waals surface area (Å²) in [6, 6.07) is 0. The molecule has 0 fully saturated rings. The first kappa shape index (κ1) is 11.8. The normalized spacial score (nSPS) is 14.7. The first-order valence-electron chi connectivity index (χ1n) is 5.22. The molecule has 0 bridgehead atoms. The van der Waals surface area contributed by atoms with E-state index in [2.05, 4.69) is 4.98 Å². The van der Waals surface area contributed by atoms with Crippen LogP contribution in [0.5, 0.6) is 0 Å². The molecular formula is C10H17BN2O2. The van der Waals surface area contributed by atoms with Crippen LogP contribution in [-0.4, -0.2) is 27.9 Å². The Morgan fingerprint density at radius 1 is 1.60 bits per heavy atom. The second-order valence-corrected chi connectivity index (χ2v) is 3.97. The van der Waals surface area contributed by atoms with Crippen molar-refractivity contribution in [2.24, 2.45) is 13.0 Å². The van der Waals surface area contributed by atoms with E-state index < -0.39 is 11.9 Å². The highest BCUT2D eigenvalue weighted by Gasteiger charge is 2.24. The summed E-state index contributed by atoms with van der Waals surface area (Å²) >= 11 is 0. The lowest BCUT2D eigenvalue weighted by Crippen LogP contribution is -2.20. The minimum Gasteiger partial charge on any atom is -0.481 e.